The van der Waals surface area contributed by atoms with Gasteiger partial charge in [-0.1, -0.05) is 0 Å². The third-order valence-electron chi connectivity index (χ3n) is 2.28. The van der Waals surface area contributed by atoms with Gasteiger partial charge in [0.1, 0.15) is 0 Å². The number of carboxylic acid groups (broad SMARTS) is 1. The van der Waals surface area contributed by atoms with Crippen LogP contribution < -0.4 is 4.72 Å². The molecular formula is C11H14BrNO4S2. The molecule has 0 aliphatic rings. The lowest BCUT2D eigenvalue weighted by molar-refractivity contribution is 0.0696. The number of benzene rings is 1. The highest BCUT2D eigenvalue weighted by Crippen LogP contribution is 2.23. The van der Waals surface area contributed by atoms with Gasteiger partial charge < -0.3 is 5.11 Å². The number of thioether (sulfide) groups is 1. The summed E-state index contributed by atoms with van der Waals surface area (Å²) >= 11 is 4.76. The van der Waals surface area contributed by atoms with E-state index in [-0.39, 0.29) is 10.5 Å². The molecule has 0 spiro atoms. The van der Waals surface area contributed by atoms with E-state index in [0.29, 0.717) is 11.0 Å². The van der Waals surface area contributed by atoms with Crippen LogP contribution in [-0.4, -0.2) is 38.0 Å². The number of carbonyl (C=O) groups is 1. The summed E-state index contributed by atoms with van der Waals surface area (Å²) in [6, 6.07) is 3.91. The van der Waals surface area contributed by atoms with E-state index in [4.69, 9.17) is 5.11 Å². The second-order valence-corrected chi connectivity index (χ2v) is 7.27. The number of carboxylic acids is 1. The fourth-order valence-electron chi connectivity index (χ4n) is 1.34. The number of rotatable bonds is 7. The minimum absolute atomic E-state index is 0.0587. The summed E-state index contributed by atoms with van der Waals surface area (Å²) in [6.07, 6.45) is 2.66. The summed E-state index contributed by atoms with van der Waals surface area (Å²) in [5, 5.41) is 8.88. The molecule has 0 unspecified atom stereocenters. The third kappa shape index (κ3) is 4.79. The molecule has 1 aromatic carbocycles. The van der Waals surface area contributed by atoms with Gasteiger partial charge in [-0.05, 0) is 52.6 Å². The van der Waals surface area contributed by atoms with Crippen molar-refractivity contribution < 1.29 is 18.3 Å². The normalized spacial score (nSPS) is 11.5. The van der Waals surface area contributed by atoms with E-state index in [0.717, 1.165) is 18.2 Å². The summed E-state index contributed by atoms with van der Waals surface area (Å²) in [5.74, 6) is -0.301. The topological polar surface area (TPSA) is 83.5 Å². The molecule has 0 saturated carbocycles. The van der Waals surface area contributed by atoms with Crippen LogP contribution in [0, 0.1) is 0 Å². The van der Waals surface area contributed by atoms with Gasteiger partial charge in [0.15, 0.2) is 0 Å². The van der Waals surface area contributed by atoms with Crippen molar-refractivity contribution in [2.24, 2.45) is 0 Å². The largest absolute Gasteiger partial charge is 0.478 e. The molecule has 0 atom stereocenters. The van der Waals surface area contributed by atoms with Crippen molar-refractivity contribution in [3.8, 4) is 0 Å². The van der Waals surface area contributed by atoms with Gasteiger partial charge in [0.2, 0.25) is 10.0 Å². The molecule has 0 amide bonds. The van der Waals surface area contributed by atoms with Gasteiger partial charge >= 0.3 is 5.97 Å². The van der Waals surface area contributed by atoms with Crippen LogP contribution >= 0.6 is 27.7 Å². The van der Waals surface area contributed by atoms with Gasteiger partial charge in [0.05, 0.1) is 10.5 Å². The molecule has 0 fully saturated rings. The van der Waals surface area contributed by atoms with Crippen molar-refractivity contribution in [2.45, 2.75) is 11.3 Å². The second kappa shape index (κ2) is 7.28. The van der Waals surface area contributed by atoms with E-state index in [1.165, 1.54) is 12.1 Å². The minimum Gasteiger partial charge on any atom is -0.478 e. The van der Waals surface area contributed by atoms with Crippen molar-refractivity contribution in [1.29, 1.82) is 0 Å². The summed E-state index contributed by atoms with van der Waals surface area (Å²) in [4.78, 5) is 10.8. The molecule has 0 aliphatic heterocycles. The summed E-state index contributed by atoms with van der Waals surface area (Å²) in [6.45, 7) is 0.326. The van der Waals surface area contributed by atoms with Crippen LogP contribution in [-0.2, 0) is 10.0 Å². The molecule has 5 nitrogen and oxygen atoms in total. The fraction of sp³-hybridized carbons (Fsp3) is 0.364. The van der Waals surface area contributed by atoms with Crippen molar-refractivity contribution in [2.75, 3.05) is 18.6 Å². The Morgan fingerprint density at radius 3 is 2.74 bits per heavy atom. The number of nitrogens with one attached hydrogen (secondary N) is 1. The lowest BCUT2D eigenvalue weighted by atomic mass is 10.2. The van der Waals surface area contributed by atoms with E-state index < -0.39 is 16.0 Å². The molecule has 0 saturated heterocycles. The molecule has 8 heteroatoms. The smallest absolute Gasteiger partial charge is 0.335 e. The van der Waals surface area contributed by atoms with Gasteiger partial charge in [0, 0.05) is 11.0 Å². The fourth-order valence-corrected chi connectivity index (χ4v) is 3.84. The summed E-state index contributed by atoms with van der Waals surface area (Å²) in [7, 11) is -3.70. The zero-order valence-corrected chi connectivity index (χ0v) is 13.4. The maximum absolute atomic E-state index is 12.1. The standard InChI is InChI=1S/C11H14BrNO4S2/c1-18-6-2-5-13-19(16,17)10-7-8(11(14)15)3-4-9(10)12/h3-4,7,13H,2,5-6H2,1H3,(H,14,15). The van der Waals surface area contributed by atoms with Crippen LogP contribution in [0.1, 0.15) is 16.8 Å². The lowest BCUT2D eigenvalue weighted by Crippen LogP contribution is -2.25. The predicted octanol–water partition coefficient (Wildman–Crippen LogP) is 2.18. The SMILES string of the molecule is CSCCCNS(=O)(=O)c1cc(C(=O)O)ccc1Br. The number of hydrogen-bond donors (Lipinski definition) is 2. The molecule has 106 valence electrons. The van der Waals surface area contributed by atoms with E-state index >= 15 is 0 Å². The molecule has 1 aromatic rings. The number of sulfonamides is 1. The Kier molecular flexibility index (Phi) is 6.31. The van der Waals surface area contributed by atoms with Crippen LogP contribution in [0.15, 0.2) is 27.6 Å². The van der Waals surface area contributed by atoms with E-state index in [1.54, 1.807) is 11.8 Å². The maximum Gasteiger partial charge on any atom is 0.335 e. The van der Waals surface area contributed by atoms with Gasteiger partial charge in [0.25, 0.3) is 0 Å². The van der Waals surface area contributed by atoms with Crippen molar-refractivity contribution in [3.05, 3.63) is 28.2 Å². The van der Waals surface area contributed by atoms with Gasteiger partial charge in [-0.15, -0.1) is 0 Å². The quantitative estimate of drug-likeness (QED) is 0.721. The molecule has 0 aromatic heterocycles. The molecule has 0 bridgehead atoms. The first-order chi connectivity index (χ1) is 8.88. The van der Waals surface area contributed by atoms with Crippen LogP contribution in [0.2, 0.25) is 0 Å². The lowest BCUT2D eigenvalue weighted by Gasteiger charge is -2.09. The number of hydrogen-bond acceptors (Lipinski definition) is 4. The predicted molar refractivity (Wildman–Crippen MR) is 79.3 cm³/mol. The highest BCUT2D eigenvalue weighted by molar-refractivity contribution is 9.10. The average molecular weight is 368 g/mol. The highest BCUT2D eigenvalue weighted by Gasteiger charge is 2.19. The Morgan fingerprint density at radius 1 is 1.47 bits per heavy atom. The first-order valence-electron chi connectivity index (χ1n) is 5.40. The molecule has 0 aliphatic carbocycles. The molecule has 2 N–H and O–H groups in total. The molecule has 0 heterocycles. The zero-order valence-electron chi connectivity index (χ0n) is 10.2. The first kappa shape index (κ1) is 16.5. The Bertz CT molecular complexity index is 560. The number of halogens is 1. The van der Waals surface area contributed by atoms with Crippen LogP contribution in [0.5, 0.6) is 0 Å². The van der Waals surface area contributed by atoms with E-state index in [1.807, 2.05) is 6.26 Å². The van der Waals surface area contributed by atoms with Crippen molar-refractivity contribution in [1.82, 2.24) is 4.72 Å². The molecular weight excluding hydrogens is 354 g/mol. The van der Waals surface area contributed by atoms with Crippen LogP contribution in [0.4, 0.5) is 0 Å². The van der Waals surface area contributed by atoms with E-state index in [9.17, 15) is 13.2 Å². The Hall–Kier alpha value is -0.570. The maximum atomic E-state index is 12.1. The Labute approximate surface area is 125 Å². The zero-order chi connectivity index (χ0) is 14.5. The third-order valence-corrected chi connectivity index (χ3v) is 5.44. The minimum atomic E-state index is -3.70. The molecule has 1 rings (SSSR count). The van der Waals surface area contributed by atoms with Crippen molar-refractivity contribution >= 4 is 43.7 Å². The summed E-state index contributed by atoms with van der Waals surface area (Å²) in [5.41, 5.74) is -0.0623. The molecule has 0 radical (unpaired) electrons. The summed E-state index contributed by atoms with van der Waals surface area (Å²) < 4.78 is 26.9. The van der Waals surface area contributed by atoms with Gasteiger partial charge in [-0.3, -0.25) is 0 Å². The highest BCUT2D eigenvalue weighted by atomic mass is 79.9. The monoisotopic (exact) mass is 367 g/mol. The second-order valence-electron chi connectivity index (χ2n) is 3.69. The molecule has 19 heavy (non-hydrogen) atoms. The van der Waals surface area contributed by atoms with Gasteiger partial charge in [-0.25, -0.2) is 17.9 Å². The van der Waals surface area contributed by atoms with Crippen LogP contribution in [0.25, 0.3) is 0 Å². The Morgan fingerprint density at radius 2 is 2.16 bits per heavy atom. The average Bonchev–Trinajstić information content (AvgIpc) is 2.34. The number of aromatic carboxylic acids is 1. The Balaban J connectivity index is 2.94. The van der Waals surface area contributed by atoms with Crippen LogP contribution in [0.3, 0.4) is 0 Å². The van der Waals surface area contributed by atoms with Crippen molar-refractivity contribution in [3.63, 3.8) is 0 Å². The van der Waals surface area contributed by atoms with Gasteiger partial charge in [-0.2, -0.15) is 11.8 Å². The first-order valence-corrected chi connectivity index (χ1v) is 9.07. The van der Waals surface area contributed by atoms with E-state index in [2.05, 4.69) is 20.7 Å².